The number of hydrogen-bond acceptors (Lipinski definition) is 3. The van der Waals surface area contributed by atoms with Gasteiger partial charge in [-0.25, -0.2) is 4.68 Å². The van der Waals surface area contributed by atoms with Crippen LogP contribution in [-0.2, 0) is 9.59 Å². The first kappa shape index (κ1) is 22.4. The van der Waals surface area contributed by atoms with Gasteiger partial charge in [-0.1, -0.05) is 41.4 Å². The Morgan fingerprint density at radius 1 is 0.758 bits per heavy atom. The van der Waals surface area contributed by atoms with E-state index in [1.807, 2.05) is 13.0 Å². The summed E-state index contributed by atoms with van der Waals surface area (Å²) < 4.78 is 1.25. The van der Waals surface area contributed by atoms with Crippen LogP contribution in [0.2, 0.25) is 10.0 Å². The van der Waals surface area contributed by atoms with E-state index in [4.69, 9.17) is 23.2 Å². The number of carbonyl (C=O) groups excluding carboxylic acids is 3. The fraction of sp³-hybridized carbons (Fsp3) is 0.0417. The molecule has 9 heteroatoms. The largest absolute Gasteiger partial charge is 0.328 e. The molecule has 0 unspecified atom stereocenters. The Morgan fingerprint density at radius 2 is 1.45 bits per heavy atom. The van der Waals surface area contributed by atoms with Gasteiger partial charge < -0.3 is 10.6 Å². The Labute approximate surface area is 199 Å². The van der Waals surface area contributed by atoms with Gasteiger partial charge in [0.1, 0.15) is 5.69 Å². The van der Waals surface area contributed by atoms with Crippen LogP contribution < -0.4 is 16.1 Å². The summed E-state index contributed by atoms with van der Waals surface area (Å²) in [4.78, 5) is 38.2. The Kier molecular flexibility index (Phi) is 6.35. The number of aryl methyl sites for hydroxylation is 1. The number of rotatable bonds is 4. The van der Waals surface area contributed by atoms with Crippen molar-refractivity contribution >= 4 is 63.2 Å². The number of carbonyl (C=O) groups is 3. The van der Waals surface area contributed by atoms with Crippen LogP contribution in [0.5, 0.6) is 0 Å². The van der Waals surface area contributed by atoms with E-state index in [9.17, 15) is 14.4 Å². The minimum absolute atomic E-state index is 0.101. The number of fused-ring (bicyclic) bond motifs is 1. The van der Waals surface area contributed by atoms with E-state index < -0.39 is 17.7 Å². The number of anilines is 2. The van der Waals surface area contributed by atoms with Crippen molar-refractivity contribution in [1.29, 1.82) is 0 Å². The van der Waals surface area contributed by atoms with Gasteiger partial charge in [-0.05, 0) is 67.1 Å². The first-order chi connectivity index (χ1) is 15.8. The molecule has 33 heavy (non-hydrogen) atoms. The molecule has 4 rings (SSSR count). The Morgan fingerprint density at radius 3 is 2.18 bits per heavy atom. The van der Waals surface area contributed by atoms with Crippen molar-refractivity contribution in [2.75, 3.05) is 16.1 Å². The van der Waals surface area contributed by atoms with Gasteiger partial charge >= 0.3 is 11.8 Å². The molecule has 1 aromatic heterocycles. The molecule has 1 heterocycles. The van der Waals surface area contributed by atoms with Crippen molar-refractivity contribution in [2.45, 2.75) is 6.92 Å². The van der Waals surface area contributed by atoms with Crippen LogP contribution in [0.1, 0.15) is 16.1 Å². The maximum atomic E-state index is 13.0. The van der Waals surface area contributed by atoms with E-state index in [0.717, 1.165) is 5.56 Å². The van der Waals surface area contributed by atoms with Gasteiger partial charge in [-0.2, -0.15) is 0 Å². The highest BCUT2D eigenvalue weighted by Crippen LogP contribution is 2.24. The average molecular weight is 481 g/mol. The van der Waals surface area contributed by atoms with Crippen LogP contribution in [0.4, 0.5) is 11.4 Å². The Hall–Kier alpha value is -3.81. The molecule has 0 bridgehead atoms. The highest BCUT2D eigenvalue weighted by molar-refractivity contribution is 6.42. The molecule has 0 fully saturated rings. The molecule has 4 aromatic rings. The third kappa shape index (κ3) is 5.16. The zero-order chi connectivity index (χ0) is 23.5. The molecule has 3 N–H and O–H groups in total. The van der Waals surface area contributed by atoms with Crippen molar-refractivity contribution in [3.8, 4) is 0 Å². The summed E-state index contributed by atoms with van der Waals surface area (Å²) in [6.45, 7) is 1.87. The predicted octanol–water partition coefficient (Wildman–Crippen LogP) is 5.22. The molecule has 7 nitrogen and oxygen atoms in total. The van der Waals surface area contributed by atoms with Crippen LogP contribution >= 0.6 is 23.2 Å². The third-order valence-electron chi connectivity index (χ3n) is 4.77. The quantitative estimate of drug-likeness (QED) is 0.349. The van der Waals surface area contributed by atoms with Gasteiger partial charge in [-0.3, -0.25) is 19.8 Å². The Balaban J connectivity index is 1.63. The first-order valence-electron chi connectivity index (χ1n) is 9.87. The van der Waals surface area contributed by atoms with Crippen molar-refractivity contribution in [3.05, 3.63) is 94.1 Å². The predicted molar refractivity (Wildman–Crippen MR) is 131 cm³/mol. The molecule has 3 amide bonds. The van der Waals surface area contributed by atoms with Crippen molar-refractivity contribution in [2.24, 2.45) is 0 Å². The third-order valence-corrected chi connectivity index (χ3v) is 5.24. The molecule has 0 aliphatic heterocycles. The number of hydrogen-bond donors (Lipinski definition) is 3. The van der Waals surface area contributed by atoms with Crippen molar-refractivity contribution in [3.63, 3.8) is 0 Å². The number of halogens is 2. The lowest BCUT2D eigenvalue weighted by Crippen LogP contribution is -2.36. The number of nitrogens with one attached hydrogen (secondary N) is 3. The topological polar surface area (TPSA) is 92.2 Å². The van der Waals surface area contributed by atoms with E-state index in [2.05, 4.69) is 16.1 Å². The number of amides is 3. The van der Waals surface area contributed by atoms with Gasteiger partial charge in [0.15, 0.2) is 0 Å². The standard InChI is InChI=1S/C24H18Cl2N4O3/c1-14-4-2-6-18(10-14)28-23(32)24(33)29-30-20-9-8-17(26)11-15(20)12-21(30)22(31)27-19-7-3-5-16(25)13-19/h2-13H,1H3,(H,27,31)(H,28,32)(H,29,33). The molecule has 0 radical (unpaired) electrons. The second-order valence-electron chi connectivity index (χ2n) is 7.30. The van der Waals surface area contributed by atoms with Crippen LogP contribution in [0, 0.1) is 6.92 Å². The van der Waals surface area contributed by atoms with Crippen LogP contribution in [-0.4, -0.2) is 22.4 Å². The van der Waals surface area contributed by atoms with Gasteiger partial charge in [-0.15, -0.1) is 0 Å². The van der Waals surface area contributed by atoms with Crippen molar-refractivity contribution < 1.29 is 14.4 Å². The minimum atomic E-state index is -0.944. The second kappa shape index (κ2) is 9.36. The van der Waals surface area contributed by atoms with E-state index in [0.29, 0.717) is 32.3 Å². The molecular formula is C24H18Cl2N4O3. The number of benzene rings is 3. The molecule has 0 aliphatic carbocycles. The maximum absolute atomic E-state index is 13.0. The van der Waals surface area contributed by atoms with Crippen LogP contribution in [0.3, 0.4) is 0 Å². The summed E-state index contributed by atoms with van der Waals surface area (Å²) >= 11 is 12.1. The molecule has 0 spiro atoms. The summed E-state index contributed by atoms with van der Waals surface area (Å²) in [7, 11) is 0. The monoisotopic (exact) mass is 480 g/mol. The molecular weight excluding hydrogens is 463 g/mol. The highest BCUT2D eigenvalue weighted by atomic mass is 35.5. The smallest absolute Gasteiger partial charge is 0.321 e. The van der Waals surface area contributed by atoms with Gasteiger partial charge in [0.2, 0.25) is 0 Å². The Bertz CT molecular complexity index is 1400. The van der Waals surface area contributed by atoms with Crippen LogP contribution in [0.25, 0.3) is 10.9 Å². The normalized spacial score (nSPS) is 10.6. The summed E-state index contributed by atoms with van der Waals surface area (Å²) in [5, 5.41) is 6.81. The molecule has 166 valence electrons. The van der Waals surface area contributed by atoms with E-state index in [1.165, 1.54) is 4.68 Å². The fourth-order valence-electron chi connectivity index (χ4n) is 3.30. The number of aromatic nitrogens is 1. The van der Waals surface area contributed by atoms with Gasteiger partial charge in [0, 0.05) is 26.8 Å². The summed E-state index contributed by atoms with van der Waals surface area (Å²) in [6.07, 6.45) is 0. The SMILES string of the molecule is Cc1cccc(NC(=O)C(=O)Nn2c(C(=O)Nc3cccc(Cl)c3)cc3cc(Cl)ccc32)c1. The molecule has 0 saturated carbocycles. The second-order valence-corrected chi connectivity index (χ2v) is 8.17. The fourth-order valence-corrected chi connectivity index (χ4v) is 3.67. The van der Waals surface area contributed by atoms with Crippen molar-refractivity contribution in [1.82, 2.24) is 4.68 Å². The van der Waals surface area contributed by atoms with Gasteiger partial charge in [0.05, 0.1) is 5.52 Å². The number of nitrogens with zero attached hydrogens (tertiary/aromatic N) is 1. The van der Waals surface area contributed by atoms with Crippen LogP contribution in [0.15, 0.2) is 72.8 Å². The van der Waals surface area contributed by atoms with E-state index in [-0.39, 0.29) is 5.69 Å². The maximum Gasteiger partial charge on any atom is 0.328 e. The lowest BCUT2D eigenvalue weighted by Gasteiger charge is -2.13. The first-order valence-corrected chi connectivity index (χ1v) is 10.6. The summed E-state index contributed by atoms with van der Waals surface area (Å²) in [5.41, 5.74) is 4.99. The highest BCUT2D eigenvalue weighted by Gasteiger charge is 2.21. The lowest BCUT2D eigenvalue weighted by molar-refractivity contribution is -0.133. The molecule has 0 aliphatic rings. The molecule has 3 aromatic carbocycles. The minimum Gasteiger partial charge on any atom is -0.321 e. The molecule has 0 saturated heterocycles. The van der Waals surface area contributed by atoms with Gasteiger partial charge in [0.25, 0.3) is 5.91 Å². The molecule has 0 atom stereocenters. The zero-order valence-electron chi connectivity index (χ0n) is 17.4. The average Bonchev–Trinajstić information content (AvgIpc) is 3.11. The van der Waals surface area contributed by atoms with E-state index >= 15 is 0 Å². The summed E-state index contributed by atoms with van der Waals surface area (Å²) in [6, 6.07) is 20.2. The summed E-state index contributed by atoms with van der Waals surface area (Å²) in [5.74, 6) is -2.33. The lowest BCUT2D eigenvalue weighted by atomic mass is 10.2. The van der Waals surface area contributed by atoms with E-state index in [1.54, 1.807) is 66.7 Å². The zero-order valence-corrected chi connectivity index (χ0v) is 18.9.